The van der Waals surface area contributed by atoms with Crippen LogP contribution < -0.4 is 10.5 Å². The molecule has 33 heavy (non-hydrogen) atoms. The first-order valence-electron chi connectivity index (χ1n) is 9.38. The van der Waals surface area contributed by atoms with Gasteiger partial charge in [0.15, 0.2) is 0 Å². The molecular formula is C20H19ClF3N5O3S. The molecule has 3 rings (SSSR count). The summed E-state index contributed by atoms with van der Waals surface area (Å²) in [6.07, 6.45) is -1.92. The van der Waals surface area contributed by atoms with Gasteiger partial charge in [0.05, 0.1) is 21.5 Å². The molecule has 0 saturated carbocycles. The van der Waals surface area contributed by atoms with E-state index in [2.05, 4.69) is 19.9 Å². The molecule has 0 fully saturated rings. The Bertz CT molecular complexity index is 1260. The summed E-state index contributed by atoms with van der Waals surface area (Å²) in [4.78, 5) is 12.4. The maximum Gasteiger partial charge on any atom is 0.416 e. The van der Waals surface area contributed by atoms with Crippen molar-refractivity contribution < 1.29 is 26.4 Å². The number of nitrogen functional groups attached to an aromatic ring is 1. The summed E-state index contributed by atoms with van der Waals surface area (Å²) in [7, 11) is -3.14. The third-order valence-corrected chi connectivity index (χ3v) is 6.25. The predicted molar refractivity (Wildman–Crippen MR) is 118 cm³/mol. The minimum absolute atomic E-state index is 0.0130. The molecule has 3 N–H and O–H groups in total. The van der Waals surface area contributed by atoms with Crippen LogP contribution in [0.4, 0.5) is 19.0 Å². The third-order valence-electron chi connectivity index (χ3n) is 4.59. The van der Waals surface area contributed by atoms with Crippen molar-refractivity contribution in [3.05, 3.63) is 64.6 Å². The smallest absolute Gasteiger partial charge is 0.399 e. The molecule has 1 aliphatic rings. The molecule has 1 aromatic carbocycles. The van der Waals surface area contributed by atoms with Gasteiger partial charge in [-0.05, 0) is 36.8 Å². The van der Waals surface area contributed by atoms with E-state index in [0.717, 1.165) is 12.1 Å². The van der Waals surface area contributed by atoms with E-state index in [1.807, 2.05) is 0 Å². The number of benzene rings is 1. The first kappa shape index (κ1) is 24.5. The first-order valence-corrected chi connectivity index (χ1v) is 11.3. The number of sulfonamides is 1. The lowest BCUT2D eigenvalue weighted by Gasteiger charge is -2.21. The van der Waals surface area contributed by atoms with Gasteiger partial charge in [0.2, 0.25) is 0 Å². The fraction of sp³-hybridized carbons (Fsp3) is 0.250. The van der Waals surface area contributed by atoms with Gasteiger partial charge in [0.1, 0.15) is 24.3 Å². The van der Waals surface area contributed by atoms with Crippen molar-refractivity contribution in [3.8, 4) is 0 Å². The fourth-order valence-electron chi connectivity index (χ4n) is 3.09. The summed E-state index contributed by atoms with van der Waals surface area (Å²) < 4.78 is 68.2. The van der Waals surface area contributed by atoms with Crippen LogP contribution in [0.25, 0.3) is 0 Å². The number of aryl methyl sites for hydroxylation is 1. The molecule has 13 heteroatoms. The predicted octanol–water partition coefficient (Wildman–Crippen LogP) is 3.61. The van der Waals surface area contributed by atoms with E-state index in [9.17, 15) is 21.6 Å². The lowest BCUT2D eigenvalue weighted by atomic mass is 10.0. The van der Waals surface area contributed by atoms with Crippen LogP contribution in [0.1, 0.15) is 23.1 Å². The molecule has 0 spiro atoms. The highest BCUT2D eigenvalue weighted by Crippen LogP contribution is 2.33. The van der Waals surface area contributed by atoms with Crippen LogP contribution in [0, 0.1) is 6.92 Å². The number of oxime groups is 1. The zero-order valence-electron chi connectivity index (χ0n) is 17.4. The highest BCUT2D eigenvalue weighted by Gasteiger charge is 2.34. The third kappa shape index (κ3) is 5.63. The SMILES string of the molecule is CO/N=C(/C1=C(NS(=O)(=O)c2ccc(C)c(C(F)(F)F)c2)CC(Cl)C=N1)c1ccnc(N)c1. The Morgan fingerprint density at radius 2 is 2.03 bits per heavy atom. The Kier molecular flexibility index (Phi) is 6.98. The number of rotatable bonds is 6. The van der Waals surface area contributed by atoms with Crippen molar-refractivity contribution in [1.29, 1.82) is 0 Å². The van der Waals surface area contributed by atoms with E-state index >= 15 is 0 Å². The number of alkyl halides is 4. The highest BCUT2D eigenvalue weighted by molar-refractivity contribution is 7.89. The Hall–Kier alpha value is -3.12. The topological polar surface area (TPSA) is 119 Å². The molecule has 176 valence electrons. The Morgan fingerprint density at radius 3 is 2.67 bits per heavy atom. The van der Waals surface area contributed by atoms with E-state index in [-0.39, 0.29) is 34.9 Å². The van der Waals surface area contributed by atoms with Crippen LogP contribution in [0.3, 0.4) is 0 Å². The molecule has 1 aliphatic heterocycles. The van der Waals surface area contributed by atoms with E-state index in [0.29, 0.717) is 11.6 Å². The number of aromatic nitrogens is 1. The number of hydrogen-bond acceptors (Lipinski definition) is 7. The second-order valence-electron chi connectivity index (χ2n) is 7.00. The van der Waals surface area contributed by atoms with Gasteiger partial charge in [-0.3, -0.25) is 9.71 Å². The molecule has 1 unspecified atom stereocenters. The average Bonchev–Trinajstić information content (AvgIpc) is 2.71. The number of pyridine rings is 1. The lowest BCUT2D eigenvalue weighted by molar-refractivity contribution is -0.138. The van der Waals surface area contributed by atoms with Gasteiger partial charge >= 0.3 is 6.18 Å². The number of nitrogens with one attached hydrogen (secondary N) is 1. The Balaban J connectivity index is 2.10. The number of nitrogens with two attached hydrogens (primary N) is 1. The van der Waals surface area contributed by atoms with Gasteiger partial charge in [-0.25, -0.2) is 13.4 Å². The zero-order valence-corrected chi connectivity index (χ0v) is 19.0. The monoisotopic (exact) mass is 501 g/mol. The van der Waals surface area contributed by atoms with Gasteiger partial charge < -0.3 is 10.6 Å². The lowest BCUT2D eigenvalue weighted by Crippen LogP contribution is -2.30. The number of aliphatic imine (C=N–C) groups is 1. The summed E-state index contributed by atoms with van der Waals surface area (Å²) in [6, 6.07) is 5.80. The van der Waals surface area contributed by atoms with Crippen LogP contribution in [-0.4, -0.2) is 37.8 Å². The van der Waals surface area contributed by atoms with Crippen molar-refractivity contribution in [1.82, 2.24) is 9.71 Å². The van der Waals surface area contributed by atoms with E-state index in [1.54, 1.807) is 6.07 Å². The molecule has 0 aliphatic carbocycles. The van der Waals surface area contributed by atoms with Gasteiger partial charge in [-0.2, -0.15) is 13.2 Å². The highest BCUT2D eigenvalue weighted by atomic mass is 35.5. The number of halogens is 4. The summed E-state index contributed by atoms with van der Waals surface area (Å²) >= 11 is 6.14. The first-order chi connectivity index (χ1) is 15.4. The van der Waals surface area contributed by atoms with Crippen molar-refractivity contribution in [2.24, 2.45) is 10.1 Å². The molecule has 1 atom stereocenters. The van der Waals surface area contributed by atoms with Crippen LogP contribution in [0.15, 0.2) is 63.0 Å². The standard InChI is InChI=1S/C20H19ClF3N5O3S/c1-11-3-4-14(9-15(11)20(22,23)24)33(30,31)29-16-8-13(21)10-27-19(16)18(28-32-2)12-5-6-26-17(25)7-12/h3-7,9-10,13,29H,8H2,1-2H3,(H2,25,26)/b28-18+. The van der Waals surface area contributed by atoms with Crippen molar-refractivity contribution in [2.75, 3.05) is 12.8 Å². The van der Waals surface area contributed by atoms with E-state index in [4.69, 9.17) is 22.2 Å². The summed E-state index contributed by atoms with van der Waals surface area (Å²) in [5, 5.41) is 3.26. The number of nitrogens with zero attached hydrogens (tertiary/aromatic N) is 3. The van der Waals surface area contributed by atoms with Crippen molar-refractivity contribution >= 4 is 39.4 Å². The second-order valence-corrected chi connectivity index (χ2v) is 9.24. The quantitative estimate of drug-likeness (QED) is 0.356. The van der Waals surface area contributed by atoms with Crippen LogP contribution in [0.2, 0.25) is 0 Å². The largest absolute Gasteiger partial charge is 0.416 e. The molecule has 2 aromatic rings. The minimum Gasteiger partial charge on any atom is -0.399 e. The molecule has 0 radical (unpaired) electrons. The van der Waals surface area contributed by atoms with E-state index < -0.39 is 32.0 Å². The minimum atomic E-state index is -4.71. The molecule has 0 saturated heterocycles. The Morgan fingerprint density at radius 1 is 1.30 bits per heavy atom. The zero-order chi connectivity index (χ0) is 24.4. The molecule has 0 bridgehead atoms. The molecule has 1 aromatic heterocycles. The summed E-state index contributed by atoms with van der Waals surface area (Å²) in [5.41, 5.74) is 5.24. The molecular weight excluding hydrogens is 483 g/mol. The van der Waals surface area contributed by atoms with Gasteiger partial charge in [-0.1, -0.05) is 11.2 Å². The maximum absolute atomic E-state index is 13.3. The summed E-state index contributed by atoms with van der Waals surface area (Å²) in [5.74, 6) is 0.174. The van der Waals surface area contributed by atoms with Crippen LogP contribution in [0.5, 0.6) is 0 Å². The van der Waals surface area contributed by atoms with Crippen molar-refractivity contribution in [2.45, 2.75) is 29.8 Å². The maximum atomic E-state index is 13.3. The summed E-state index contributed by atoms with van der Waals surface area (Å²) in [6.45, 7) is 1.25. The second kappa shape index (κ2) is 9.40. The number of anilines is 1. The fourth-order valence-corrected chi connectivity index (χ4v) is 4.44. The van der Waals surface area contributed by atoms with Gasteiger partial charge in [0, 0.05) is 24.4 Å². The number of allylic oxidation sites excluding steroid dienone is 2. The van der Waals surface area contributed by atoms with Gasteiger partial charge in [0.25, 0.3) is 10.0 Å². The van der Waals surface area contributed by atoms with E-state index in [1.165, 1.54) is 32.5 Å². The molecule has 2 heterocycles. The Labute approximate surface area is 193 Å². The average molecular weight is 502 g/mol. The van der Waals surface area contributed by atoms with Crippen LogP contribution >= 0.6 is 11.6 Å². The number of hydrogen-bond donors (Lipinski definition) is 2. The normalized spacial score (nSPS) is 17.3. The van der Waals surface area contributed by atoms with Crippen molar-refractivity contribution in [3.63, 3.8) is 0 Å². The molecule has 8 nitrogen and oxygen atoms in total. The van der Waals surface area contributed by atoms with Gasteiger partial charge in [-0.15, -0.1) is 11.6 Å². The molecule has 0 amide bonds. The van der Waals surface area contributed by atoms with Crippen LogP contribution in [-0.2, 0) is 21.0 Å².